The molecule has 106 valence electrons. The normalized spacial score (nSPS) is 15.3. The summed E-state index contributed by atoms with van der Waals surface area (Å²) in [6.45, 7) is 3.12. The number of hydrogen-bond acceptors (Lipinski definition) is 2. The van der Waals surface area contributed by atoms with Crippen molar-refractivity contribution in [1.82, 2.24) is 5.32 Å². The fourth-order valence-corrected chi connectivity index (χ4v) is 5.83. The molecular formula is C16H17Br2NS. The number of rotatable bonds is 4. The predicted molar refractivity (Wildman–Crippen MR) is 93.7 cm³/mol. The average molecular weight is 415 g/mol. The van der Waals surface area contributed by atoms with Gasteiger partial charge in [-0.25, -0.2) is 0 Å². The molecule has 0 amide bonds. The molecule has 0 bridgehead atoms. The molecule has 0 saturated heterocycles. The lowest BCUT2D eigenvalue weighted by Crippen LogP contribution is -2.22. The Balaban J connectivity index is 2.00. The molecule has 3 rings (SSSR count). The maximum atomic E-state index is 3.70. The van der Waals surface area contributed by atoms with E-state index in [-0.39, 0.29) is 6.04 Å². The van der Waals surface area contributed by atoms with E-state index in [4.69, 9.17) is 0 Å². The van der Waals surface area contributed by atoms with Crippen LogP contribution in [0, 0.1) is 0 Å². The molecule has 2 aromatic rings. The third kappa shape index (κ3) is 2.89. The standard InChI is InChI=1S/C16H17Br2NS/c1-2-19-15(13-9-14(17)20-16(13)18)12-7-6-10-4-3-5-11(10)8-12/h6-9,15,19H,2-5H2,1H3. The van der Waals surface area contributed by atoms with Crippen LogP contribution in [0.4, 0.5) is 0 Å². The largest absolute Gasteiger partial charge is 0.306 e. The first-order valence-electron chi connectivity index (χ1n) is 6.99. The molecular weight excluding hydrogens is 398 g/mol. The lowest BCUT2D eigenvalue weighted by atomic mass is 9.97. The maximum absolute atomic E-state index is 3.70. The Morgan fingerprint density at radius 3 is 2.70 bits per heavy atom. The molecule has 1 atom stereocenters. The highest BCUT2D eigenvalue weighted by molar-refractivity contribution is 9.12. The third-order valence-electron chi connectivity index (χ3n) is 3.86. The summed E-state index contributed by atoms with van der Waals surface area (Å²) in [7, 11) is 0. The summed E-state index contributed by atoms with van der Waals surface area (Å²) in [6, 6.07) is 9.48. The number of fused-ring (bicyclic) bond motifs is 1. The van der Waals surface area contributed by atoms with Crippen LogP contribution < -0.4 is 5.32 Å². The van der Waals surface area contributed by atoms with E-state index >= 15 is 0 Å². The Hall–Kier alpha value is -0.160. The van der Waals surface area contributed by atoms with Crippen LogP contribution in [0.15, 0.2) is 31.8 Å². The summed E-state index contributed by atoms with van der Waals surface area (Å²) in [5, 5.41) is 3.62. The summed E-state index contributed by atoms with van der Waals surface area (Å²) in [4.78, 5) is 0. The van der Waals surface area contributed by atoms with E-state index in [1.54, 1.807) is 11.3 Å². The Bertz CT molecular complexity index is 621. The lowest BCUT2D eigenvalue weighted by molar-refractivity contribution is 0.630. The fourth-order valence-electron chi connectivity index (χ4n) is 2.93. The maximum Gasteiger partial charge on any atom is 0.0761 e. The van der Waals surface area contributed by atoms with E-state index in [0.717, 1.165) is 6.54 Å². The van der Waals surface area contributed by atoms with Crippen molar-refractivity contribution in [1.29, 1.82) is 0 Å². The van der Waals surface area contributed by atoms with Gasteiger partial charge in [0.05, 0.1) is 13.6 Å². The van der Waals surface area contributed by atoms with Gasteiger partial charge in [-0.1, -0.05) is 25.1 Å². The second kappa shape index (κ2) is 6.30. The van der Waals surface area contributed by atoms with E-state index in [2.05, 4.69) is 68.4 Å². The topological polar surface area (TPSA) is 12.0 Å². The van der Waals surface area contributed by atoms with Crippen LogP contribution in [0.1, 0.15) is 41.6 Å². The molecule has 0 saturated carbocycles. The van der Waals surface area contributed by atoms with Crippen molar-refractivity contribution in [3.63, 3.8) is 0 Å². The van der Waals surface area contributed by atoms with E-state index in [1.165, 1.54) is 49.1 Å². The third-order valence-corrected chi connectivity index (χ3v) is 6.24. The molecule has 0 fully saturated rings. The second-order valence-corrected chi connectivity index (χ2v) is 8.90. The van der Waals surface area contributed by atoms with Crippen molar-refractivity contribution in [3.8, 4) is 0 Å². The highest BCUT2D eigenvalue weighted by Crippen LogP contribution is 2.38. The van der Waals surface area contributed by atoms with Gasteiger partial charge in [0, 0.05) is 0 Å². The SMILES string of the molecule is CCNC(c1ccc2c(c1)CCC2)c1cc(Br)sc1Br. The highest BCUT2D eigenvalue weighted by atomic mass is 79.9. The van der Waals surface area contributed by atoms with Gasteiger partial charge >= 0.3 is 0 Å². The first kappa shape index (κ1) is 14.8. The van der Waals surface area contributed by atoms with Crippen LogP contribution in [0.5, 0.6) is 0 Å². The number of hydrogen-bond donors (Lipinski definition) is 1. The van der Waals surface area contributed by atoms with Crippen molar-refractivity contribution in [2.45, 2.75) is 32.2 Å². The minimum Gasteiger partial charge on any atom is -0.306 e. The van der Waals surface area contributed by atoms with Gasteiger partial charge in [0.15, 0.2) is 0 Å². The minimum absolute atomic E-state index is 0.267. The molecule has 0 aliphatic heterocycles. The van der Waals surface area contributed by atoms with Gasteiger partial charge in [-0.15, -0.1) is 11.3 Å². The van der Waals surface area contributed by atoms with Crippen molar-refractivity contribution in [2.24, 2.45) is 0 Å². The van der Waals surface area contributed by atoms with Gasteiger partial charge in [-0.3, -0.25) is 0 Å². The van der Waals surface area contributed by atoms with Crippen LogP contribution in [-0.2, 0) is 12.8 Å². The molecule has 0 radical (unpaired) electrons. The van der Waals surface area contributed by atoms with Crippen LogP contribution in [-0.4, -0.2) is 6.54 Å². The summed E-state index contributed by atoms with van der Waals surface area (Å²) >= 11 is 9.02. The molecule has 20 heavy (non-hydrogen) atoms. The van der Waals surface area contributed by atoms with Crippen LogP contribution >= 0.6 is 43.2 Å². The molecule has 4 heteroatoms. The number of halogens is 2. The molecule has 1 unspecified atom stereocenters. The highest BCUT2D eigenvalue weighted by Gasteiger charge is 2.20. The molecule has 1 aromatic carbocycles. The first-order chi connectivity index (χ1) is 9.69. The Labute approximate surface area is 141 Å². The Morgan fingerprint density at radius 1 is 1.20 bits per heavy atom. The Kier molecular flexibility index (Phi) is 4.65. The van der Waals surface area contributed by atoms with E-state index in [9.17, 15) is 0 Å². The summed E-state index contributed by atoms with van der Waals surface area (Å²) in [5.41, 5.74) is 5.77. The molecule has 1 N–H and O–H groups in total. The second-order valence-electron chi connectivity index (χ2n) is 5.15. The van der Waals surface area contributed by atoms with Crippen molar-refractivity contribution < 1.29 is 0 Å². The van der Waals surface area contributed by atoms with Gasteiger partial charge in [-0.05, 0) is 86.0 Å². The van der Waals surface area contributed by atoms with E-state index in [1.807, 2.05) is 0 Å². The molecule has 1 aromatic heterocycles. The smallest absolute Gasteiger partial charge is 0.0761 e. The summed E-state index contributed by atoms with van der Waals surface area (Å²) in [6.07, 6.45) is 3.78. The van der Waals surface area contributed by atoms with E-state index in [0.29, 0.717) is 0 Å². The zero-order valence-electron chi connectivity index (χ0n) is 11.4. The zero-order valence-corrected chi connectivity index (χ0v) is 15.4. The number of nitrogens with one attached hydrogen (secondary N) is 1. The lowest BCUT2D eigenvalue weighted by Gasteiger charge is -2.19. The van der Waals surface area contributed by atoms with Gasteiger partial charge in [-0.2, -0.15) is 0 Å². The fraction of sp³-hybridized carbons (Fsp3) is 0.375. The number of benzene rings is 1. The van der Waals surface area contributed by atoms with Gasteiger partial charge in [0.25, 0.3) is 0 Å². The predicted octanol–water partition coefficient (Wildman–Crippen LogP) is 5.46. The molecule has 1 heterocycles. The van der Waals surface area contributed by atoms with E-state index < -0.39 is 0 Å². The van der Waals surface area contributed by atoms with Crippen LogP contribution in [0.3, 0.4) is 0 Å². The monoisotopic (exact) mass is 413 g/mol. The van der Waals surface area contributed by atoms with Crippen molar-refractivity contribution >= 4 is 43.2 Å². The Morgan fingerprint density at radius 2 is 2.00 bits per heavy atom. The minimum atomic E-state index is 0.267. The van der Waals surface area contributed by atoms with Crippen LogP contribution in [0.2, 0.25) is 0 Å². The molecule has 1 aliphatic carbocycles. The van der Waals surface area contributed by atoms with Gasteiger partial charge < -0.3 is 5.32 Å². The summed E-state index contributed by atoms with van der Waals surface area (Å²) < 4.78 is 2.37. The quantitative estimate of drug-likeness (QED) is 0.700. The number of aryl methyl sites for hydroxylation is 2. The molecule has 0 spiro atoms. The zero-order chi connectivity index (χ0) is 14.1. The molecule has 1 nitrogen and oxygen atoms in total. The van der Waals surface area contributed by atoms with Crippen LogP contribution in [0.25, 0.3) is 0 Å². The summed E-state index contributed by atoms with van der Waals surface area (Å²) in [5.74, 6) is 0. The van der Waals surface area contributed by atoms with Gasteiger partial charge in [0.1, 0.15) is 0 Å². The number of thiophene rings is 1. The van der Waals surface area contributed by atoms with Crippen molar-refractivity contribution in [2.75, 3.05) is 6.54 Å². The van der Waals surface area contributed by atoms with Gasteiger partial charge in [0.2, 0.25) is 0 Å². The first-order valence-corrected chi connectivity index (χ1v) is 9.39. The van der Waals surface area contributed by atoms with Crippen molar-refractivity contribution in [3.05, 3.63) is 54.1 Å². The molecule has 1 aliphatic rings. The average Bonchev–Trinajstić information content (AvgIpc) is 3.01.